The number of nitrogens with zero attached hydrogens (tertiary/aromatic N) is 4. The molecule has 156 valence electrons. The van der Waals surface area contributed by atoms with Crippen LogP contribution < -0.4 is 9.57 Å². The third-order valence-corrected chi connectivity index (χ3v) is 5.28. The molecule has 3 heterocycles. The van der Waals surface area contributed by atoms with Gasteiger partial charge in [0, 0.05) is 31.4 Å². The first-order valence-electron chi connectivity index (χ1n) is 10.3. The van der Waals surface area contributed by atoms with Crippen molar-refractivity contribution in [2.24, 2.45) is 5.92 Å². The van der Waals surface area contributed by atoms with Crippen molar-refractivity contribution in [2.75, 3.05) is 19.7 Å². The number of hydrogen-bond donors (Lipinski definition) is 0. The maximum absolute atomic E-state index is 12.5. The van der Waals surface area contributed by atoms with Gasteiger partial charge in [-0.05, 0) is 67.1 Å². The van der Waals surface area contributed by atoms with Crippen LogP contribution in [0.3, 0.4) is 0 Å². The lowest BCUT2D eigenvalue weighted by atomic mass is 9.98. The number of piperidine rings is 1. The molecule has 1 fully saturated rings. The van der Waals surface area contributed by atoms with E-state index in [0.29, 0.717) is 31.4 Å². The fourth-order valence-electron chi connectivity index (χ4n) is 3.54. The summed E-state index contributed by atoms with van der Waals surface area (Å²) in [4.78, 5) is 25.7. The first kappa shape index (κ1) is 19.9. The SMILES string of the molecule is Cc1ccnc(Cc2ccc(OC(=O)N3CCC(COn4cccn4)CC3)cc2)c1. The number of amides is 1. The molecule has 30 heavy (non-hydrogen) atoms. The fourth-order valence-corrected chi connectivity index (χ4v) is 3.54. The molecule has 0 aliphatic carbocycles. The summed E-state index contributed by atoms with van der Waals surface area (Å²) in [5.74, 6) is 0.970. The molecule has 1 aliphatic heterocycles. The van der Waals surface area contributed by atoms with Crippen LogP contribution >= 0.6 is 0 Å². The number of ether oxygens (including phenoxy) is 1. The lowest BCUT2D eigenvalue weighted by Gasteiger charge is -2.30. The second-order valence-corrected chi connectivity index (χ2v) is 7.65. The first-order valence-corrected chi connectivity index (χ1v) is 10.3. The van der Waals surface area contributed by atoms with E-state index in [1.165, 1.54) is 10.4 Å². The minimum Gasteiger partial charge on any atom is -0.410 e. The van der Waals surface area contributed by atoms with Gasteiger partial charge in [0.25, 0.3) is 0 Å². The third-order valence-electron chi connectivity index (χ3n) is 5.28. The normalized spacial score (nSPS) is 14.5. The van der Waals surface area contributed by atoms with Crippen molar-refractivity contribution >= 4 is 6.09 Å². The van der Waals surface area contributed by atoms with Crippen molar-refractivity contribution in [3.8, 4) is 5.75 Å². The molecule has 0 unspecified atom stereocenters. The van der Waals surface area contributed by atoms with Gasteiger partial charge in [0.1, 0.15) is 12.4 Å². The predicted molar refractivity (Wildman–Crippen MR) is 112 cm³/mol. The van der Waals surface area contributed by atoms with Gasteiger partial charge < -0.3 is 14.5 Å². The number of rotatable bonds is 6. The molecule has 7 nitrogen and oxygen atoms in total. The number of likely N-dealkylation sites (tertiary alicyclic amines) is 1. The van der Waals surface area contributed by atoms with Crippen molar-refractivity contribution in [1.82, 2.24) is 19.8 Å². The van der Waals surface area contributed by atoms with E-state index in [4.69, 9.17) is 9.57 Å². The highest BCUT2D eigenvalue weighted by molar-refractivity contribution is 5.70. The summed E-state index contributed by atoms with van der Waals surface area (Å²) in [6.45, 7) is 4.00. The monoisotopic (exact) mass is 406 g/mol. The van der Waals surface area contributed by atoms with Crippen molar-refractivity contribution < 1.29 is 14.4 Å². The number of hydrogen-bond acceptors (Lipinski definition) is 5. The smallest absolute Gasteiger partial charge is 0.410 e. The van der Waals surface area contributed by atoms with E-state index in [1.54, 1.807) is 17.3 Å². The van der Waals surface area contributed by atoms with Crippen LogP contribution in [-0.2, 0) is 6.42 Å². The second-order valence-electron chi connectivity index (χ2n) is 7.65. The first-order chi connectivity index (χ1) is 14.7. The maximum atomic E-state index is 12.5. The minimum atomic E-state index is -0.297. The van der Waals surface area contributed by atoms with Gasteiger partial charge in [-0.2, -0.15) is 0 Å². The molecule has 0 N–H and O–H groups in total. The lowest BCUT2D eigenvalue weighted by molar-refractivity contribution is 0.0366. The van der Waals surface area contributed by atoms with Crippen LogP contribution in [0.1, 0.15) is 29.7 Å². The molecule has 0 atom stereocenters. The molecule has 1 amide bonds. The third kappa shape index (κ3) is 5.37. The molecule has 1 aliphatic rings. The van der Waals surface area contributed by atoms with E-state index in [-0.39, 0.29) is 6.09 Å². The van der Waals surface area contributed by atoms with Gasteiger partial charge in [0.2, 0.25) is 0 Å². The lowest BCUT2D eigenvalue weighted by Crippen LogP contribution is -2.41. The summed E-state index contributed by atoms with van der Waals surface area (Å²) in [7, 11) is 0. The molecule has 0 bridgehead atoms. The van der Waals surface area contributed by atoms with Crippen molar-refractivity contribution in [3.63, 3.8) is 0 Å². The number of pyridine rings is 1. The van der Waals surface area contributed by atoms with Gasteiger partial charge in [0.05, 0.1) is 12.4 Å². The van der Waals surface area contributed by atoms with E-state index in [0.717, 1.165) is 30.5 Å². The van der Waals surface area contributed by atoms with Crippen LogP contribution in [0.15, 0.2) is 61.1 Å². The highest BCUT2D eigenvalue weighted by Crippen LogP contribution is 2.20. The van der Waals surface area contributed by atoms with E-state index in [9.17, 15) is 4.79 Å². The Bertz CT molecular complexity index is 949. The highest BCUT2D eigenvalue weighted by atomic mass is 16.7. The average molecular weight is 406 g/mol. The van der Waals surface area contributed by atoms with Gasteiger partial charge in [-0.25, -0.2) is 4.79 Å². The molecule has 0 radical (unpaired) electrons. The Balaban J connectivity index is 1.23. The zero-order chi connectivity index (χ0) is 20.8. The summed E-state index contributed by atoms with van der Waals surface area (Å²) in [5.41, 5.74) is 3.35. The molecule has 1 saturated heterocycles. The van der Waals surface area contributed by atoms with Crippen molar-refractivity contribution in [1.29, 1.82) is 0 Å². The van der Waals surface area contributed by atoms with Gasteiger partial charge >= 0.3 is 6.09 Å². The molecule has 0 saturated carbocycles. The summed E-state index contributed by atoms with van der Waals surface area (Å²) in [6.07, 6.45) is 7.52. The minimum absolute atomic E-state index is 0.297. The van der Waals surface area contributed by atoms with E-state index >= 15 is 0 Å². The van der Waals surface area contributed by atoms with Gasteiger partial charge in [-0.3, -0.25) is 4.98 Å². The van der Waals surface area contributed by atoms with Crippen LogP contribution in [0.5, 0.6) is 5.75 Å². The van der Waals surface area contributed by atoms with Crippen molar-refractivity contribution in [3.05, 3.63) is 77.9 Å². The van der Waals surface area contributed by atoms with Crippen LogP contribution in [-0.4, -0.2) is 45.6 Å². The molecular formula is C23H26N4O3. The highest BCUT2D eigenvalue weighted by Gasteiger charge is 2.24. The van der Waals surface area contributed by atoms with E-state index < -0.39 is 0 Å². The predicted octanol–water partition coefficient (Wildman–Crippen LogP) is 3.52. The Labute approximate surface area is 176 Å². The molecule has 0 spiro atoms. The fraction of sp³-hybridized carbons (Fsp3) is 0.348. The maximum Gasteiger partial charge on any atom is 0.415 e. The number of aryl methyl sites for hydroxylation is 1. The number of carbonyl (C=O) groups is 1. The second kappa shape index (κ2) is 9.43. The molecule has 3 aromatic rings. The van der Waals surface area contributed by atoms with Crippen LogP contribution in [0, 0.1) is 12.8 Å². The quantitative estimate of drug-likeness (QED) is 0.627. The number of aromatic nitrogens is 3. The molecule has 2 aromatic heterocycles. The number of benzene rings is 1. The largest absolute Gasteiger partial charge is 0.415 e. The topological polar surface area (TPSA) is 69.5 Å². The zero-order valence-electron chi connectivity index (χ0n) is 17.1. The summed E-state index contributed by atoms with van der Waals surface area (Å²) >= 11 is 0. The Morgan fingerprint density at radius 3 is 2.63 bits per heavy atom. The Morgan fingerprint density at radius 1 is 1.13 bits per heavy atom. The summed E-state index contributed by atoms with van der Waals surface area (Å²) < 4.78 is 5.56. The average Bonchev–Trinajstić information content (AvgIpc) is 3.28. The summed E-state index contributed by atoms with van der Waals surface area (Å²) in [6, 6.07) is 13.5. The van der Waals surface area contributed by atoms with Crippen LogP contribution in [0.2, 0.25) is 0 Å². The molecule has 4 rings (SSSR count). The van der Waals surface area contributed by atoms with Crippen molar-refractivity contribution in [2.45, 2.75) is 26.2 Å². The van der Waals surface area contributed by atoms with Crippen LogP contribution in [0.4, 0.5) is 4.79 Å². The molecular weight excluding hydrogens is 380 g/mol. The number of carbonyl (C=O) groups excluding carboxylic acids is 1. The van der Waals surface area contributed by atoms with Gasteiger partial charge in [-0.15, -0.1) is 9.94 Å². The zero-order valence-corrected chi connectivity index (χ0v) is 17.1. The molecule has 7 heteroatoms. The Hall–Kier alpha value is -3.35. The van der Waals surface area contributed by atoms with Gasteiger partial charge in [-0.1, -0.05) is 12.1 Å². The Morgan fingerprint density at radius 2 is 1.93 bits per heavy atom. The van der Waals surface area contributed by atoms with Crippen LogP contribution in [0.25, 0.3) is 0 Å². The summed E-state index contributed by atoms with van der Waals surface area (Å²) in [5, 5.41) is 4.03. The Kier molecular flexibility index (Phi) is 6.27. The molecule has 1 aromatic carbocycles. The standard InChI is InChI=1S/C23H26N4O3/c1-18-7-11-24-21(15-18)16-19-3-5-22(6-4-19)30-23(28)26-13-8-20(9-14-26)17-29-27-12-2-10-25-27/h2-7,10-12,15,20H,8-9,13-14,16-17H2,1H3. The van der Waals surface area contributed by atoms with Gasteiger partial charge in [0.15, 0.2) is 0 Å². The van der Waals surface area contributed by atoms with E-state index in [1.807, 2.05) is 42.6 Å². The van der Waals surface area contributed by atoms with E-state index in [2.05, 4.69) is 23.1 Å².